The highest BCUT2D eigenvalue weighted by Crippen LogP contribution is 2.28. The van der Waals surface area contributed by atoms with Gasteiger partial charge in [0, 0.05) is 12.1 Å². The summed E-state index contributed by atoms with van der Waals surface area (Å²) in [5, 5.41) is 16.1. The van der Waals surface area contributed by atoms with E-state index in [4.69, 9.17) is 4.74 Å². The summed E-state index contributed by atoms with van der Waals surface area (Å²) in [6.07, 6.45) is 1.28. The summed E-state index contributed by atoms with van der Waals surface area (Å²) >= 11 is 0. The van der Waals surface area contributed by atoms with Crippen molar-refractivity contribution in [1.29, 1.82) is 0 Å². The lowest BCUT2D eigenvalue weighted by Gasteiger charge is -2.29. The molecule has 2 rings (SSSR count). The molecule has 2 N–H and O–H groups in total. The molecule has 0 aliphatic carbocycles. The second-order valence-corrected chi connectivity index (χ2v) is 5.40. The van der Waals surface area contributed by atoms with E-state index in [2.05, 4.69) is 10.2 Å². The molecule has 100 valence electrons. The Kier molecular flexibility index (Phi) is 3.30. The zero-order valence-corrected chi connectivity index (χ0v) is 11.0. The fourth-order valence-corrected chi connectivity index (χ4v) is 2.02. The number of carbonyl (C=O) groups is 1. The van der Waals surface area contributed by atoms with E-state index in [0.29, 0.717) is 18.1 Å². The van der Waals surface area contributed by atoms with Crippen molar-refractivity contribution in [2.75, 3.05) is 11.4 Å². The Morgan fingerprint density at radius 3 is 2.89 bits per heavy atom. The number of fused-ring (bicyclic) bond motifs is 1. The largest absolute Gasteiger partial charge is 0.443 e. The van der Waals surface area contributed by atoms with Crippen LogP contribution in [-0.2, 0) is 17.8 Å². The standard InChI is InChI=1S/C12H19N3O3/c1-12(2,3)18-11(17)15-6-4-5-8-9(7-16)13-14-10(8)15/h16H,4-7H2,1-3H3,(H,13,14). The number of nitrogens with zero attached hydrogens (tertiary/aromatic N) is 2. The molecule has 0 unspecified atom stereocenters. The van der Waals surface area contributed by atoms with Crippen LogP contribution in [0.4, 0.5) is 10.6 Å². The Labute approximate surface area is 106 Å². The number of amides is 1. The predicted molar refractivity (Wildman–Crippen MR) is 66.4 cm³/mol. The summed E-state index contributed by atoms with van der Waals surface area (Å²) in [4.78, 5) is 13.6. The van der Waals surface area contributed by atoms with Gasteiger partial charge in [0.15, 0.2) is 5.82 Å². The number of aromatic nitrogens is 2. The molecular formula is C12H19N3O3. The van der Waals surface area contributed by atoms with Crippen LogP contribution in [0.15, 0.2) is 0 Å². The maximum absolute atomic E-state index is 12.1. The molecule has 0 fully saturated rings. The number of rotatable bonds is 1. The summed E-state index contributed by atoms with van der Waals surface area (Å²) in [6, 6.07) is 0. The fraction of sp³-hybridized carbons (Fsp3) is 0.667. The van der Waals surface area contributed by atoms with Crippen molar-refractivity contribution in [2.45, 2.75) is 45.8 Å². The summed E-state index contributed by atoms with van der Waals surface area (Å²) in [5.74, 6) is 0.583. The van der Waals surface area contributed by atoms with Crippen molar-refractivity contribution >= 4 is 11.9 Å². The molecule has 0 spiro atoms. The van der Waals surface area contributed by atoms with Crippen LogP contribution in [0.2, 0.25) is 0 Å². The molecule has 6 nitrogen and oxygen atoms in total. The Morgan fingerprint density at radius 2 is 2.28 bits per heavy atom. The molecule has 1 aromatic heterocycles. The van der Waals surface area contributed by atoms with Gasteiger partial charge in [0.2, 0.25) is 0 Å². The second kappa shape index (κ2) is 4.61. The van der Waals surface area contributed by atoms with Crippen LogP contribution in [0.1, 0.15) is 38.4 Å². The van der Waals surface area contributed by atoms with Gasteiger partial charge in [0.05, 0.1) is 12.3 Å². The van der Waals surface area contributed by atoms with E-state index in [0.717, 1.165) is 18.4 Å². The van der Waals surface area contributed by atoms with Crippen LogP contribution in [0.3, 0.4) is 0 Å². The minimum atomic E-state index is -0.523. The molecule has 0 radical (unpaired) electrons. The van der Waals surface area contributed by atoms with E-state index in [1.165, 1.54) is 4.90 Å². The number of nitrogens with one attached hydrogen (secondary N) is 1. The van der Waals surface area contributed by atoms with Gasteiger partial charge >= 0.3 is 6.09 Å². The lowest BCUT2D eigenvalue weighted by Crippen LogP contribution is -2.40. The van der Waals surface area contributed by atoms with Crippen LogP contribution in [0, 0.1) is 0 Å². The van der Waals surface area contributed by atoms with Gasteiger partial charge < -0.3 is 9.84 Å². The molecule has 1 aliphatic heterocycles. The van der Waals surface area contributed by atoms with Crippen molar-refractivity contribution in [1.82, 2.24) is 10.2 Å². The molecule has 0 atom stereocenters. The van der Waals surface area contributed by atoms with Crippen molar-refractivity contribution in [3.8, 4) is 0 Å². The number of aliphatic hydroxyl groups excluding tert-OH is 1. The molecule has 0 saturated heterocycles. The summed E-state index contributed by atoms with van der Waals surface area (Å²) in [5.41, 5.74) is 1.07. The third kappa shape index (κ3) is 2.48. The first kappa shape index (κ1) is 12.9. The molecule has 1 aliphatic rings. The first-order chi connectivity index (χ1) is 8.42. The molecule has 1 amide bonds. The number of hydrogen-bond donors (Lipinski definition) is 2. The Bertz CT molecular complexity index is 448. The molecular weight excluding hydrogens is 234 g/mol. The smallest absolute Gasteiger partial charge is 0.416 e. The highest BCUT2D eigenvalue weighted by Gasteiger charge is 2.30. The zero-order valence-electron chi connectivity index (χ0n) is 11.0. The lowest BCUT2D eigenvalue weighted by atomic mass is 10.1. The van der Waals surface area contributed by atoms with Crippen molar-refractivity contribution in [3.05, 3.63) is 11.3 Å². The third-order valence-corrected chi connectivity index (χ3v) is 2.77. The lowest BCUT2D eigenvalue weighted by molar-refractivity contribution is 0.0576. The van der Waals surface area contributed by atoms with Crippen molar-refractivity contribution in [2.24, 2.45) is 0 Å². The summed E-state index contributed by atoms with van der Waals surface area (Å²) in [6.45, 7) is 6.00. The molecule has 2 heterocycles. The summed E-state index contributed by atoms with van der Waals surface area (Å²) < 4.78 is 5.35. The van der Waals surface area contributed by atoms with E-state index in [-0.39, 0.29) is 12.7 Å². The van der Waals surface area contributed by atoms with Gasteiger partial charge in [-0.05, 0) is 33.6 Å². The van der Waals surface area contributed by atoms with Crippen LogP contribution in [-0.4, -0.2) is 33.5 Å². The molecule has 0 aromatic carbocycles. The van der Waals surface area contributed by atoms with Crippen LogP contribution in [0.25, 0.3) is 0 Å². The quantitative estimate of drug-likeness (QED) is 0.796. The Balaban J connectivity index is 2.22. The van der Waals surface area contributed by atoms with Gasteiger partial charge in [0.25, 0.3) is 0 Å². The summed E-state index contributed by atoms with van der Waals surface area (Å²) in [7, 11) is 0. The average Bonchev–Trinajstić information content (AvgIpc) is 2.69. The minimum absolute atomic E-state index is 0.0928. The first-order valence-electron chi connectivity index (χ1n) is 6.10. The van der Waals surface area contributed by atoms with Gasteiger partial charge in [-0.1, -0.05) is 0 Å². The molecule has 18 heavy (non-hydrogen) atoms. The average molecular weight is 253 g/mol. The van der Waals surface area contributed by atoms with E-state index < -0.39 is 5.60 Å². The van der Waals surface area contributed by atoms with Crippen LogP contribution < -0.4 is 4.90 Å². The zero-order chi connectivity index (χ0) is 13.3. The van der Waals surface area contributed by atoms with Gasteiger partial charge in [0.1, 0.15) is 5.60 Å². The number of aliphatic hydroxyl groups is 1. The van der Waals surface area contributed by atoms with Crippen LogP contribution in [0.5, 0.6) is 0 Å². The van der Waals surface area contributed by atoms with E-state index in [1.807, 2.05) is 20.8 Å². The van der Waals surface area contributed by atoms with Gasteiger partial charge in [-0.2, -0.15) is 5.10 Å². The SMILES string of the molecule is CC(C)(C)OC(=O)N1CCCc2c1n[nH]c2CO. The number of anilines is 1. The number of hydrogen-bond acceptors (Lipinski definition) is 4. The highest BCUT2D eigenvalue weighted by molar-refractivity contribution is 5.88. The molecule has 0 bridgehead atoms. The topological polar surface area (TPSA) is 78.5 Å². The normalized spacial score (nSPS) is 15.4. The van der Waals surface area contributed by atoms with Gasteiger partial charge in [-0.15, -0.1) is 0 Å². The monoisotopic (exact) mass is 253 g/mol. The highest BCUT2D eigenvalue weighted by atomic mass is 16.6. The van der Waals surface area contributed by atoms with E-state index >= 15 is 0 Å². The minimum Gasteiger partial charge on any atom is -0.443 e. The van der Waals surface area contributed by atoms with E-state index in [1.54, 1.807) is 0 Å². The van der Waals surface area contributed by atoms with Gasteiger partial charge in [-0.25, -0.2) is 4.79 Å². The Morgan fingerprint density at radius 1 is 1.56 bits per heavy atom. The molecule has 1 aromatic rings. The maximum atomic E-state index is 12.1. The predicted octanol–water partition coefficient (Wildman–Crippen LogP) is 1.59. The fourth-order valence-electron chi connectivity index (χ4n) is 2.02. The third-order valence-electron chi connectivity index (χ3n) is 2.77. The number of carbonyl (C=O) groups excluding carboxylic acids is 1. The maximum Gasteiger partial charge on any atom is 0.416 e. The van der Waals surface area contributed by atoms with Gasteiger partial charge in [-0.3, -0.25) is 10.00 Å². The molecule has 6 heteroatoms. The van der Waals surface area contributed by atoms with Crippen LogP contribution >= 0.6 is 0 Å². The number of aromatic amines is 1. The van der Waals surface area contributed by atoms with E-state index in [9.17, 15) is 9.90 Å². The van der Waals surface area contributed by atoms with Crippen molar-refractivity contribution in [3.63, 3.8) is 0 Å². The molecule has 0 saturated carbocycles. The van der Waals surface area contributed by atoms with Crippen molar-refractivity contribution < 1.29 is 14.6 Å². The Hall–Kier alpha value is -1.56. The first-order valence-corrected chi connectivity index (χ1v) is 6.10. The number of H-pyrrole nitrogens is 1. The second-order valence-electron chi connectivity index (χ2n) is 5.40. The number of ether oxygens (including phenoxy) is 1.